The van der Waals surface area contributed by atoms with Crippen molar-refractivity contribution < 1.29 is 4.79 Å². The van der Waals surface area contributed by atoms with Gasteiger partial charge in [-0.3, -0.25) is 4.79 Å². The second-order valence-corrected chi connectivity index (χ2v) is 5.40. The summed E-state index contributed by atoms with van der Waals surface area (Å²) < 4.78 is 0. The van der Waals surface area contributed by atoms with E-state index in [0.717, 1.165) is 16.8 Å². The molecule has 0 fully saturated rings. The van der Waals surface area contributed by atoms with Gasteiger partial charge in [0.05, 0.1) is 11.8 Å². The fourth-order valence-corrected chi connectivity index (χ4v) is 2.70. The largest absolute Gasteiger partial charge is 0.275 e. The van der Waals surface area contributed by atoms with Crippen molar-refractivity contribution in [1.82, 2.24) is 5.01 Å². The van der Waals surface area contributed by atoms with Gasteiger partial charge >= 0.3 is 0 Å². The van der Waals surface area contributed by atoms with Crippen molar-refractivity contribution in [3.05, 3.63) is 71.3 Å². The molecular formula is C18H15N3O. The molecular weight excluding hydrogens is 274 g/mol. The first-order valence-corrected chi connectivity index (χ1v) is 7.04. The molecule has 1 aliphatic heterocycles. The van der Waals surface area contributed by atoms with Gasteiger partial charge in [0.15, 0.2) is 5.54 Å². The number of hydrogen-bond acceptors (Lipinski definition) is 3. The second-order valence-electron chi connectivity index (χ2n) is 5.40. The van der Waals surface area contributed by atoms with Gasteiger partial charge in [-0.25, -0.2) is 5.01 Å². The Bertz CT molecular complexity index is 805. The smallest absolute Gasteiger partial charge is 0.267 e. The summed E-state index contributed by atoms with van der Waals surface area (Å²) in [6.45, 7) is 3.57. The first kappa shape index (κ1) is 14.0. The molecule has 0 radical (unpaired) electrons. The van der Waals surface area contributed by atoms with Crippen LogP contribution in [0.15, 0.2) is 59.7 Å². The number of carbonyl (C=O) groups is 1. The normalized spacial score (nSPS) is 19.9. The molecule has 1 amide bonds. The molecule has 0 N–H and O–H groups in total. The summed E-state index contributed by atoms with van der Waals surface area (Å²) in [6, 6.07) is 18.7. The Balaban J connectivity index is 2.16. The Morgan fingerprint density at radius 2 is 1.77 bits per heavy atom. The summed E-state index contributed by atoms with van der Waals surface area (Å²) >= 11 is 0. The number of amides is 1. The number of carbonyl (C=O) groups excluding carboxylic acids is 1. The van der Waals surface area contributed by atoms with E-state index in [1.54, 1.807) is 31.2 Å². The summed E-state index contributed by atoms with van der Waals surface area (Å²) in [7, 11) is 0. The van der Waals surface area contributed by atoms with Gasteiger partial charge in [-0.2, -0.15) is 10.4 Å². The van der Waals surface area contributed by atoms with Crippen LogP contribution in [0, 0.1) is 11.3 Å². The van der Waals surface area contributed by atoms with Crippen molar-refractivity contribution in [3.63, 3.8) is 0 Å². The Labute approximate surface area is 129 Å². The van der Waals surface area contributed by atoms with E-state index in [-0.39, 0.29) is 5.91 Å². The molecule has 0 saturated carbocycles. The average Bonchev–Trinajstić information content (AvgIpc) is 2.58. The molecule has 1 unspecified atom stereocenters. The van der Waals surface area contributed by atoms with E-state index in [0.29, 0.717) is 5.56 Å². The highest BCUT2D eigenvalue weighted by Crippen LogP contribution is 2.36. The number of nitriles is 1. The molecule has 0 aliphatic carbocycles. The molecule has 0 spiro atoms. The van der Waals surface area contributed by atoms with Crippen LogP contribution in [-0.4, -0.2) is 16.6 Å². The van der Waals surface area contributed by atoms with E-state index < -0.39 is 5.54 Å². The number of fused-ring (bicyclic) bond motifs is 1. The average molecular weight is 289 g/mol. The Morgan fingerprint density at radius 3 is 2.45 bits per heavy atom. The molecule has 1 atom stereocenters. The molecule has 4 heteroatoms. The molecule has 0 aromatic heterocycles. The number of hydrazone groups is 1. The maximum Gasteiger partial charge on any atom is 0.275 e. The summed E-state index contributed by atoms with van der Waals surface area (Å²) in [5, 5.41) is 15.4. The molecule has 108 valence electrons. The van der Waals surface area contributed by atoms with Crippen molar-refractivity contribution in [2.24, 2.45) is 5.10 Å². The lowest BCUT2D eigenvalue weighted by Gasteiger charge is -2.37. The van der Waals surface area contributed by atoms with Crippen LogP contribution >= 0.6 is 0 Å². The summed E-state index contributed by atoms with van der Waals surface area (Å²) in [4.78, 5) is 12.8. The minimum absolute atomic E-state index is 0.279. The van der Waals surface area contributed by atoms with E-state index in [4.69, 9.17) is 0 Å². The fourth-order valence-electron chi connectivity index (χ4n) is 2.70. The Hall–Kier alpha value is -2.93. The first-order chi connectivity index (χ1) is 10.6. The fraction of sp³-hybridized carbons (Fsp3) is 0.167. The summed E-state index contributed by atoms with van der Waals surface area (Å²) in [6.07, 6.45) is 0. The van der Waals surface area contributed by atoms with E-state index >= 15 is 0 Å². The third-order valence-corrected chi connectivity index (χ3v) is 3.95. The first-order valence-electron chi connectivity index (χ1n) is 7.04. The third kappa shape index (κ3) is 1.99. The second kappa shape index (κ2) is 5.12. The summed E-state index contributed by atoms with van der Waals surface area (Å²) in [5.41, 5.74) is 1.83. The predicted molar refractivity (Wildman–Crippen MR) is 84.2 cm³/mol. The monoisotopic (exact) mass is 289 g/mol. The quantitative estimate of drug-likeness (QED) is 0.808. The zero-order chi connectivity index (χ0) is 15.7. The number of benzene rings is 2. The maximum atomic E-state index is 12.8. The van der Waals surface area contributed by atoms with Crippen molar-refractivity contribution >= 4 is 11.6 Å². The molecule has 2 aromatic carbocycles. The van der Waals surface area contributed by atoms with Crippen molar-refractivity contribution in [3.8, 4) is 6.07 Å². The molecule has 1 aliphatic rings. The van der Waals surface area contributed by atoms with E-state index in [9.17, 15) is 10.1 Å². The minimum Gasteiger partial charge on any atom is -0.267 e. The number of nitrogens with zero attached hydrogens (tertiary/aromatic N) is 3. The predicted octanol–water partition coefficient (Wildman–Crippen LogP) is 3.31. The van der Waals surface area contributed by atoms with Crippen molar-refractivity contribution in [1.29, 1.82) is 5.26 Å². The Kier molecular flexibility index (Phi) is 3.26. The lowest BCUT2D eigenvalue weighted by Crippen LogP contribution is -2.47. The van der Waals surface area contributed by atoms with Crippen LogP contribution < -0.4 is 0 Å². The van der Waals surface area contributed by atoms with Crippen LogP contribution in [0.1, 0.15) is 35.3 Å². The van der Waals surface area contributed by atoms with Crippen LogP contribution in [0.2, 0.25) is 0 Å². The van der Waals surface area contributed by atoms with Gasteiger partial charge in [-0.1, -0.05) is 42.5 Å². The van der Waals surface area contributed by atoms with Gasteiger partial charge in [0.1, 0.15) is 0 Å². The molecule has 4 nitrogen and oxygen atoms in total. The van der Waals surface area contributed by atoms with Crippen LogP contribution in [0.5, 0.6) is 0 Å². The van der Waals surface area contributed by atoms with Gasteiger partial charge < -0.3 is 0 Å². The van der Waals surface area contributed by atoms with Crippen LogP contribution in [0.4, 0.5) is 0 Å². The van der Waals surface area contributed by atoms with E-state index in [1.165, 1.54) is 5.01 Å². The molecule has 2 aromatic rings. The Morgan fingerprint density at radius 1 is 1.14 bits per heavy atom. The molecule has 3 rings (SSSR count). The number of rotatable bonds is 1. The highest BCUT2D eigenvalue weighted by Gasteiger charge is 2.42. The molecule has 1 heterocycles. The van der Waals surface area contributed by atoms with Crippen LogP contribution in [-0.2, 0) is 5.54 Å². The number of hydrogen-bond donors (Lipinski definition) is 0. The molecule has 22 heavy (non-hydrogen) atoms. The van der Waals surface area contributed by atoms with Gasteiger partial charge in [0, 0.05) is 16.7 Å². The van der Waals surface area contributed by atoms with Crippen LogP contribution in [0.25, 0.3) is 0 Å². The van der Waals surface area contributed by atoms with Gasteiger partial charge in [0.2, 0.25) is 0 Å². The molecule has 0 saturated heterocycles. The van der Waals surface area contributed by atoms with E-state index in [2.05, 4.69) is 11.2 Å². The SMILES string of the molecule is CC1=NN(C(=O)c2ccccc2)C(C)(C#N)c2ccccc21. The van der Waals surface area contributed by atoms with E-state index in [1.807, 2.05) is 37.3 Å². The highest BCUT2D eigenvalue weighted by atomic mass is 16.2. The third-order valence-electron chi connectivity index (χ3n) is 3.95. The van der Waals surface area contributed by atoms with Gasteiger partial charge in [0.25, 0.3) is 5.91 Å². The van der Waals surface area contributed by atoms with Gasteiger partial charge in [-0.05, 0) is 26.0 Å². The zero-order valence-electron chi connectivity index (χ0n) is 12.4. The van der Waals surface area contributed by atoms with Gasteiger partial charge in [-0.15, -0.1) is 0 Å². The van der Waals surface area contributed by atoms with Crippen LogP contribution in [0.3, 0.4) is 0 Å². The van der Waals surface area contributed by atoms with Crippen molar-refractivity contribution in [2.45, 2.75) is 19.4 Å². The lowest BCUT2D eigenvalue weighted by atomic mass is 9.85. The topological polar surface area (TPSA) is 56.5 Å². The minimum atomic E-state index is -1.12. The highest BCUT2D eigenvalue weighted by molar-refractivity contribution is 6.04. The van der Waals surface area contributed by atoms with Crippen molar-refractivity contribution in [2.75, 3.05) is 0 Å². The maximum absolute atomic E-state index is 12.8. The standard InChI is InChI=1S/C18H15N3O/c1-13-15-10-6-7-11-16(15)18(2,12-19)21(20-13)17(22)14-8-4-3-5-9-14/h3-11H,1-2H3. The summed E-state index contributed by atoms with van der Waals surface area (Å²) in [5.74, 6) is -0.279. The lowest BCUT2D eigenvalue weighted by molar-refractivity contribution is 0.0606. The molecule has 0 bridgehead atoms. The zero-order valence-corrected chi connectivity index (χ0v) is 12.4.